The maximum Gasteiger partial charge on any atom is 0.309 e. The minimum atomic E-state index is -0.581. The zero-order valence-corrected chi connectivity index (χ0v) is 14.0. The molecule has 2 N–H and O–H groups in total. The summed E-state index contributed by atoms with van der Waals surface area (Å²) in [6.07, 6.45) is 1.85. The van der Waals surface area contributed by atoms with Gasteiger partial charge in [-0.15, -0.1) is 0 Å². The standard InChI is InChI=1S/C20H24N2O2/c1-2-3-14-21-19(23)20(24)22-15-18(16-10-6-4-7-11-16)17-12-8-5-9-13-17/h4-13,18H,2-3,14-15H2,1H3,(H,21,23)(H,22,24). The summed E-state index contributed by atoms with van der Waals surface area (Å²) in [5, 5.41) is 5.39. The molecule has 126 valence electrons. The summed E-state index contributed by atoms with van der Waals surface area (Å²) in [5.74, 6) is -1.13. The molecule has 0 aliphatic heterocycles. The Balaban J connectivity index is 2.02. The molecule has 2 aromatic carbocycles. The average Bonchev–Trinajstić information content (AvgIpc) is 2.63. The van der Waals surface area contributed by atoms with Gasteiger partial charge in [-0.2, -0.15) is 0 Å². The summed E-state index contributed by atoms with van der Waals surface area (Å²) in [5.41, 5.74) is 2.21. The molecule has 0 aliphatic rings. The van der Waals surface area contributed by atoms with Crippen LogP contribution in [0.3, 0.4) is 0 Å². The van der Waals surface area contributed by atoms with Crippen LogP contribution < -0.4 is 10.6 Å². The number of rotatable bonds is 7. The van der Waals surface area contributed by atoms with Gasteiger partial charge in [0.25, 0.3) is 0 Å². The van der Waals surface area contributed by atoms with Gasteiger partial charge in [0, 0.05) is 19.0 Å². The Morgan fingerprint density at radius 1 is 0.833 bits per heavy atom. The Kier molecular flexibility index (Phi) is 7.02. The van der Waals surface area contributed by atoms with E-state index in [-0.39, 0.29) is 5.92 Å². The Morgan fingerprint density at radius 3 is 1.83 bits per heavy atom. The van der Waals surface area contributed by atoms with Gasteiger partial charge in [-0.25, -0.2) is 0 Å². The molecule has 0 aliphatic carbocycles. The maximum absolute atomic E-state index is 12.0. The van der Waals surface area contributed by atoms with E-state index < -0.39 is 11.8 Å². The first-order valence-electron chi connectivity index (χ1n) is 8.38. The van der Waals surface area contributed by atoms with Crippen molar-refractivity contribution in [1.29, 1.82) is 0 Å². The number of benzene rings is 2. The largest absolute Gasteiger partial charge is 0.348 e. The van der Waals surface area contributed by atoms with Crippen molar-refractivity contribution in [1.82, 2.24) is 10.6 Å². The predicted octanol–water partition coefficient (Wildman–Crippen LogP) is 2.85. The van der Waals surface area contributed by atoms with Crippen LogP contribution in [0.5, 0.6) is 0 Å². The van der Waals surface area contributed by atoms with Crippen molar-refractivity contribution in [3.05, 3.63) is 71.8 Å². The molecule has 0 spiro atoms. The molecule has 0 radical (unpaired) electrons. The van der Waals surface area contributed by atoms with Gasteiger partial charge >= 0.3 is 11.8 Å². The third kappa shape index (κ3) is 5.23. The quantitative estimate of drug-likeness (QED) is 0.608. The molecule has 4 heteroatoms. The van der Waals surface area contributed by atoms with Crippen LogP contribution in [0.25, 0.3) is 0 Å². The summed E-state index contributed by atoms with van der Waals surface area (Å²) in [6.45, 7) is 2.95. The Bertz CT molecular complexity index is 602. The fourth-order valence-corrected chi connectivity index (χ4v) is 2.53. The van der Waals surface area contributed by atoms with Crippen molar-refractivity contribution >= 4 is 11.8 Å². The number of carbonyl (C=O) groups is 2. The molecular formula is C20H24N2O2. The van der Waals surface area contributed by atoms with E-state index in [2.05, 4.69) is 10.6 Å². The highest BCUT2D eigenvalue weighted by atomic mass is 16.2. The lowest BCUT2D eigenvalue weighted by atomic mass is 9.91. The fourth-order valence-electron chi connectivity index (χ4n) is 2.53. The van der Waals surface area contributed by atoms with E-state index in [1.54, 1.807) is 0 Å². The van der Waals surface area contributed by atoms with E-state index in [4.69, 9.17) is 0 Å². The molecule has 0 bridgehead atoms. The van der Waals surface area contributed by atoms with Crippen LogP contribution in [0.15, 0.2) is 60.7 Å². The molecule has 4 nitrogen and oxygen atoms in total. The lowest BCUT2D eigenvalue weighted by Crippen LogP contribution is -2.41. The number of hydrogen-bond acceptors (Lipinski definition) is 2. The van der Waals surface area contributed by atoms with Gasteiger partial charge < -0.3 is 10.6 Å². The van der Waals surface area contributed by atoms with Crippen LogP contribution >= 0.6 is 0 Å². The SMILES string of the molecule is CCCCNC(=O)C(=O)NCC(c1ccccc1)c1ccccc1. The van der Waals surface area contributed by atoms with Crippen molar-refractivity contribution < 1.29 is 9.59 Å². The average molecular weight is 324 g/mol. The molecule has 0 fully saturated rings. The molecule has 0 heterocycles. The van der Waals surface area contributed by atoms with Gasteiger partial charge in [0.05, 0.1) is 0 Å². The molecule has 0 unspecified atom stereocenters. The zero-order chi connectivity index (χ0) is 17.2. The molecular weight excluding hydrogens is 300 g/mol. The lowest BCUT2D eigenvalue weighted by Gasteiger charge is -2.18. The molecule has 0 saturated carbocycles. The molecule has 2 aromatic rings. The summed E-state index contributed by atoms with van der Waals surface area (Å²) in [6, 6.07) is 20.0. The maximum atomic E-state index is 12.0. The first-order valence-corrected chi connectivity index (χ1v) is 8.38. The lowest BCUT2D eigenvalue weighted by molar-refractivity contribution is -0.139. The molecule has 0 atom stereocenters. The number of hydrogen-bond donors (Lipinski definition) is 2. The first-order chi connectivity index (χ1) is 11.7. The summed E-state index contributed by atoms with van der Waals surface area (Å²) in [4.78, 5) is 23.8. The number of carbonyl (C=O) groups excluding carboxylic acids is 2. The van der Waals surface area contributed by atoms with Gasteiger partial charge in [0.2, 0.25) is 0 Å². The topological polar surface area (TPSA) is 58.2 Å². The second-order valence-corrected chi connectivity index (χ2v) is 5.69. The monoisotopic (exact) mass is 324 g/mol. The van der Waals surface area contributed by atoms with Crippen molar-refractivity contribution in [2.24, 2.45) is 0 Å². The summed E-state index contributed by atoms with van der Waals surface area (Å²) in [7, 11) is 0. The molecule has 2 amide bonds. The van der Waals surface area contributed by atoms with E-state index in [0.717, 1.165) is 24.0 Å². The smallest absolute Gasteiger partial charge is 0.309 e. The van der Waals surface area contributed by atoms with Crippen LogP contribution in [0, 0.1) is 0 Å². The van der Waals surface area contributed by atoms with Gasteiger partial charge in [-0.05, 0) is 17.5 Å². The van der Waals surface area contributed by atoms with Crippen LogP contribution in [-0.2, 0) is 9.59 Å². The fraction of sp³-hybridized carbons (Fsp3) is 0.300. The second kappa shape index (κ2) is 9.50. The predicted molar refractivity (Wildman–Crippen MR) is 95.7 cm³/mol. The van der Waals surface area contributed by atoms with E-state index >= 15 is 0 Å². The highest BCUT2D eigenvalue weighted by Gasteiger charge is 2.18. The molecule has 0 saturated heterocycles. The second-order valence-electron chi connectivity index (χ2n) is 5.69. The van der Waals surface area contributed by atoms with E-state index in [1.807, 2.05) is 67.6 Å². The van der Waals surface area contributed by atoms with Crippen molar-refractivity contribution in [2.45, 2.75) is 25.7 Å². The van der Waals surface area contributed by atoms with Gasteiger partial charge in [0.1, 0.15) is 0 Å². The van der Waals surface area contributed by atoms with Crippen LogP contribution in [0.1, 0.15) is 36.8 Å². The normalized spacial score (nSPS) is 10.4. The van der Waals surface area contributed by atoms with E-state index in [9.17, 15) is 9.59 Å². The first kappa shape index (κ1) is 17.7. The minimum Gasteiger partial charge on any atom is -0.348 e. The highest BCUT2D eigenvalue weighted by Crippen LogP contribution is 2.23. The van der Waals surface area contributed by atoms with Crippen molar-refractivity contribution in [2.75, 3.05) is 13.1 Å². The minimum absolute atomic E-state index is 0.0137. The Morgan fingerprint density at radius 2 is 1.33 bits per heavy atom. The summed E-state index contributed by atoms with van der Waals surface area (Å²) < 4.78 is 0. The Hall–Kier alpha value is -2.62. The van der Waals surface area contributed by atoms with Gasteiger partial charge in [0.15, 0.2) is 0 Å². The van der Waals surface area contributed by atoms with Crippen LogP contribution in [-0.4, -0.2) is 24.9 Å². The van der Waals surface area contributed by atoms with E-state index in [0.29, 0.717) is 13.1 Å². The van der Waals surface area contributed by atoms with Crippen LogP contribution in [0.4, 0.5) is 0 Å². The Labute approximate surface area is 143 Å². The van der Waals surface area contributed by atoms with Gasteiger partial charge in [-0.1, -0.05) is 74.0 Å². The van der Waals surface area contributed by atoms with Crippen molar-refractivity contribution in [3.8, 4) is 0 Å². The van der Waals surface area contributed by atoms with Crippen molar-refractivity contribution in [3.63, 3.8) is 0 Å². The zero-order valence-electron chi connectivity index (χ0n) is 14.0. The van der Waals surface area contributed by atoms with E-state index in [1.165, 1.54) is 0 Å². The van der Waals surface area contributed by atoms with Crippen LogP contribution in [0.2, 0.25) is 0 Å². The third-order valence-corrected chi connectivity index (χ3v) is 3.89. The van der Waals surface area contributed by atoms with Gasteiger partial charge in [-0.3, -0.25) is 9.59 Å². The summed E-state index contributed by atoms with van der Waals surface area (Å²) >= 11 is 0. The molecule has 0 aromatic heterocycles. The molecule has 2 rings (SSSR count). The number of unbranched alkanes of at least 4 members (excludes halogenated alkanes) is 1. The number of nitrogens with one attached hydrogen (secondary N) is 2. The number of amides is 2. The highest BCUT2D eigenvalue weighted by molar-refractivity contribution is 6.35. The third-order valence-electron chi connectivity index (χ3n) is 3.89. The molecule has 24 heavy (non-hydrogen) atoms.